The van der Waals surface area contributed by atoms with Gasteiger partial charge in [0.15, 0.2) is 0 Å². The van der Waals surface area contributed by atoms with Gasteiger partial charge in [-0.15, -0.1) is 0 Å². The number of benzene rings is 1. The van der Waals surface area contributed by atoms with Crippen molar-refractivity contribution < 1.29 is 19.4 Å². The highest BCUT2D eigenvalue weighted by Gasteiger charge is 2.25. The quantitative estimate of drug-likeness (QED) is 0.835. The number of hydrogen-bond acceptors (Lipinski definition) is 3. The van der Waals surface area contributed by atoms with Gasteiger partial charge in [0.2, 0.25) is 0 Å². The molecule has 1 N–H and O–H groups in total. The molecule has 0 saturated carbocycles. The summed E-state index contributed by atoms with van der Waals surface area (Å²) in [6.07, 6.45) is 0. The van der Waals surface area contributed by atoms with Crippen molar-refractivity contribution in [2.24, 2.45) is 0 Å². The van der Waals surface area contributed by atoms with E-state index in [1.54, 1.807) is 36.3 Å². The lowest BCUT2D eigenvalue weighted by Gasteiger charge is -2.32. The maximum Gasteiger partial charge on any atom is 0.325 e. The topological polar surface area (TPSA) is 70.1 Å². The summed E-state index contributed by atoms with van der Waals surface area (Å²) in [7, 11) is 1.56. The molecule has 0 aromatic heterocycles. The van der Waals surface area contributed by atoms with E-state index >= 15 is 0 Å². The third kappa shape index (κ3) is 5.07. The van der Waals surface area contributed by atoms with Crippen LogP contribution in [0.5, 0.6) is 0 Å². The first kappa shape index (κ1) is 17.0. The number of nitrogens with zero attached hydrogens (tertiary/aromatic N) is 2. The second-order valence-electron chi connectivity index (χ2n) is 4.88. The Morgan fingerprint density at radius 1 is 1.24 bits per heavy atom. The lowest BCUT2D eigenvalue weighted by Crippen LogP contribution is -2.49. The van der Waals surface area contributed by atoms with E-state index in [1.165, 1.54) is 4.90 Å². The van der Waals surface area contributed by atoms with E-state index in [-0.39, 0.29) is 18.6 Å². The molecule has 0 aliphatic carbocycles. The highest BCUT2D eigenvalue weighted by molar-refractivity contribution is 5.96. The molecule has 0 aliphatic heterocycles. The van der Waals surface area contributed by atoms with Crippen LogP contribution in [0.25, 0.3) is 0 Å². The molecule has 0 bridgehead atoms. The van der Waals surface area contributed by atoms with Crippen molar-refractivity contribution in [1.29, 1.82) is 0 Å². The average Bonchev–Trinajstić information content (AvgIpc) is 2.45. The first-order valence-electron chi connectivity index (χ1n) is 6.81. The zero-order chi connectivity index (χ0) is 15.8. The number of anilines is 1. The number of methoxy groups -OCH3 is 1. The van der Waals surface area contributed by atoms with E-state index in [0.29, 0.717) is 18.8 Å². The smallest absolute Gasteiger partial charge is 0.325 e. The van der Waals surface area contributed by atoms with Gasteiger partial charge in [-0.1, -0.05) is 18.2 Å². The van der Waals surface area contributed by atoms with E-state index in [0.717, 1.165) is 0 Å². The fourth-order valence-electron chi connectivity index (χ4n) is 1.93. The molecule has 1 rings (SSSR count). The number of para-hydroxylation sites is 1. The van der Waals surface area contributed by atoms with Gasteiger partial charge in [0, 0.05) is 25.4 Å². The van der Waals surface area contributed by atoms with Gasteiger partial charge < -0.3 is 14.7 Å². The number of amides is 2. The molecule has 21 heavy (non-hydrogen) atoms. The fraction of sp³-hybridized carbons (Fsp3) is 0.467. The Morgan fingerprint density at radius 3 is 2.33 bits per heavy atom. The second kappa shape index (κ2) is 8.26. The maximum absolute atomic E-state index is 12.7. The van der Waals surface area contributed by atoms with Crippen LogP contribution in [0.1, 0.15) is 13.8 Å². The van der Waals surface area contributed by atoms with Crippen LogP contribution in [0.15, 0.2) is 30.3 Å². The summed E-state index contributed by atoms with van der Waals surface area (Å²) in [5, 5.41) is 9.05. The molecule has 0 aliphatic rings. The van der Waals surface area contributed by atoms with Gasteiger partial charge in [-0.3, -0.25) is 9.69 Å². The molecule has 1 aromatic rings. The molecule has 0 spiro atoms. The Bertz CT molecular complexity index is 462. The minimum Gasteiger partial charge on any atom is -0.480 e. The van der Waals surface area contributed by atoms with Crippen LogP contribution in [0.2, 0.25) is 0 Å². The van der Waals surface area contributed by atoms with E-state index in [1.807, 2.05) is 19.9 Å². The monoisotopic (exact) mass is 294 g/mol. The summed E-state index contributed by atoms with van der Waals surface area (Å²) in [5.74, 6) is -1.05. The van der Waals surface area contributed by atoms with Gasteiger partial charge in [0.1, 0.15) is 6.54 Å². The van der Waals surface area contributed by atoms with E-state index in [4.69, 9.17) is 9.84 Å². The molecule has 0 saturated heterocycles. The summed E-state index contributed by atoms with van der Waals surface area (Å²) in [4.78, 5) is 26.6. The van der Waals surface area contributed by atoms with Gasteiger partial charge in [0.05, 0.1) is 6.61 Å². The first-order chi connectivity index (χ1) is 9.97. The highest BCUT2D eigenvalue weighted by atomic mass is 16.5. The number of hydrogen-bond donors (Lipinski definition) is 1. The van der Waals surface area contributed by atoms with Crippen molar-refractivity contribution in [2.45, 2.75) is 19.9 Å². The van der Waals surface area contributed by atoms with Crippen molar-refractivity contribution >= 4 is 17.7 Å². The number of carboxylic acid groups (broad SMARTS) is 1. The molecule has 0 unspecified atom stereocenters. The van der Waals surface area contributed by atoms with Crippen molar-refractivity contribution in [1.82, 2.24) is 4.90 Å². The Labute approximate surface area is 124 Å². The Morgan fingerprint density at radius 2 is 1.86 bits per heavy atom. The maximum atomic E-state index is 12.7. The van der Waals surface area contributed by atoms with Gasteiger partial charge >= 0.3 is 12.0 Å². The number of carboxylic acids is 1. The second-order valence-corrected chi connectivity index (χ2v) is 4.88. The highest BCUT2D eigenvalue weighted by Crippen LogP contribution is 2.16. The van der Waals surface area contributed by atoms with Crippen LogP contribution in [-0.2, 0) is 9.53 Å². The average molecular weight is 294 g/mol. The summed E-state index contributed by atoms with van der Waals surface area (Å²) < 4.78 is 5.01. The van der Waals surface area contributed by atoms with Crippen molar-refractivity contribution in [3.05, 3.63) is 30.3 Å². The van der Waals surface area contributed by atoms with Crippen molar-refractivity contribution in [3.63, 3.8) is 0 Å². The SMILES string of the molecule is COCCN(C(=O)N(CC(=O)O)c1ccccc1)C(C)C. The Hall–Kier alpha value is -2.08. The molecule has 6 nitrogen and oxygen atoms in total. The standard InChI is InChI=1S/C15H22N2O4/c1-12(2)16(9-10-21-3)15(20)17(11-14(18)19)13-7-5-4-6-8-13/h4-8,12H,9-11H2,1-3H3,(H,18,19). The predicted molar refractivity (Wildman–Crippen MR) is 80.5 cm³/mol. The van der Waals surface area contributed by atoms with E-state index < -0.39 is 5.97 Å². The summed E-state index contributed by atoms with van der Waals surface area (Å²) in [6.45, 7) is 4.21. The molecule has 0 fully saturated rings. The summed E-state index contributed by atoms with van der Waals surface area (Å²) in [5.41, 5.74) is 0.563. The van der Waals surface area contributed by atoms with E-state index in [2.05, 4.69) is 0 Å². The first-order valence-corrected chi connectivity index (χ1v) is 6.81. The largest absolute Gasteiger partial charge is 0.480 e. The number of rotatable bonds is 7. The lowest BCUT2D eigenvalue weighted by molar-refractivity contribution is -0.135. The van der Waals surface area contributed by atoms with Crippen LogP contribution in [0, 0.1) is 0 Å². The number of ether oxygens (including phenoxy) is 1. The van der Waals surface area contributed by atoms with E-state index in [9.17, 15) is 9.59 Å². The molecule has 6 heteroatoms. The number of urea groups is 1. The van der Waals surface area contributed by atoms with Gasteiger partial charge in [-0.2, -0.15) is 0 Å². The minimum atomic E-state index is -1.05. The third-order valence-electron chi connectivity index (χ3n) is 3.00. The molecule has 116 valence electrons. The number of carbonyl (C=O) groups excluding carboxylic acids is 1. The van der Waals surface area contributed by atoms with Gasteiger partial charge in [-0.05, 0) is 26.0 Å². The van der Waals surface area contributed by atoms with Crippen LogP contribution in [0.3, 0.4) is 0 Å². The predicted octanol–water partition coefficient (Wildman–Crippen LogP) is 2.05. The van der Waals surface area contributed by atoms with Crippen LogP contribution < -0.4 is 4.90 Å². The molecule has 0 radical (unpaired) electrons. The van der Waals surface area contributed by atoms with Crippen molar-refractivity contribution in [3.8, 4) is 0 Å². The van der Waals surface area contributed by atoms with Crippen molar-refractivity contribution in [2.75, 3.05) is 31.7 Å². The van der Waals surface area contributed by atoms with Crippen LogP contribution in [-0.4, -0.2) is 54.9 Å². The zero-order valence-corrected chi connectivity index (χ0v) is 12.7. The molecule has 0 atom stereocenters. The third-order valence-corrected chi connectivity index (χ3v) is 3.00. The molecular formula is C15H22N2O4. The minimum absolute atomic E-state index is 0.0485. The molecule has 2 amide bonds. The Kier molecular flexibility index (Phi) is 6.68. The van der Waals surface area contributed by atoms with Crippen LogP contribution in [0.4, 0.5) is 10.5 Å². The fourth-order valence-corrected chi connectivity index (χ4v) is 1.93. The summed E-state index contributed by atoms with van der Waals surface area (Å²) >= 11 is 0. The van der Waals surface area contributed by atoms with Gasteiger partial charge in [0.25, 0.3) is 0 Å². The zero-order valence-electron chi connectivity index (χ0n) is 12.7. The number of aliphatic carboxylic acids is 1. The summed E-state index contributed by atoms with van der Waals surface area (Å²) in [6, 6.07) is 8.41. The lowest BCUT2D eigenvalue weighted by atomic mass is 10.2. The Balaban J connectivity index is 3.00. The van der Waals surface area contributed by atoms with Gasteiger partial charge in [-0.25, -0.2) is 4.79 Å². The number of carbonyl (C=O) groups is 2. The molecular weight excluding hydrogens is 272 g/mol. The normalized spacial score (nSPS) is 10.5. The van der Waals surface area contributed by atoms with Crippen LogP contribution >= 0.6 is 0 Å². The molecule has 1 aromatic carbocycles. The molecule has 0 heterocycles.